The number of benzene rings is 1. The maximum Gasteiger partial charge on any atom is 0.248 e. The minimum Gasteiger partial charge on any atom is -0.314 e. The third-order valence-corrected chi connectivity index (χ3v) is 6.14. The summed E-state index contributed by atoms with van der Waals surface area (Å²) in [5, 5.41) is 4.72. The summed E-state index contributed by atoms with van der Waals surface area (Å²) in [7, 11) is 0. The molecule has 0 fully saturated rings. The van der Waals surface area contributed by atoms with Crippen LogP contribution in [0.15, 0.2) is 35.3 Å². The zero-order valence-electron chi connectivity index (χ0n) is 12.8. The van der Waals surface area contributed by atoms with Gasteiger partial charge >= 0.3 is 0 Å². The third kappa shape index (κ3) is 3.11. The number of anilines is 1. The normalized spacial score (nSPS) is 10.9. The zero-order valence-corrected chi connectivity index (χ0v) is 16.0. The number of carbonyl (C=O) groups is 1. The number of halogens is 1. The number of thiophene rings is 1. The molecule has 0 bridgehead atoms. The lowest BCUT2D eigenvalue weighted by molar-refractivity contribution is -0.111. The molecule has 2 heterocycles. The van der Waals surface area contributed by atoms with Crippen LogP contribution >= 0.6 is 38.6 Å². The van der Waals surface area contributed by atoms with Crippen LogP contribution in [0.5, 0.6) is 0 Å². The first-order valence-corrected chi connectivity index (χ1v) is 9.58. The Bertz CT molecular complexity index is 911. The smallest absolute Gasteiger partial charge is 0.248 e. The number of thiazole rings is 1. The van der Waals surface area contributed by atoms with Gasteiger partial charge in [-0.3, -0.25) is 4.79 Å². The van der Waals surface area contributed by atoms with Crippen LogP contribution in [0.3, 0.4) is 0 Å². The second-order valence-electron chi connectivity index (χ2n) is 5.02. The fourth-order valence-corrected chi connectivity index (χ4v) is 5.30. The minimum atomic E-state index is -0.195. The summed E-state index contributed by atoms with van der Waals surface area (Å²) >= 11 is 6.74. The van der Waals surface area contributed by atoms with E-state index in [1.54, 1.807) is 22.7 Å². The Labute approximate surface area is 151 Å². The molecule has 3 nitrogen and oxygen atoms in total. The van der Waals surface area contributed by atoms with Crippen molar-refractivity contribution < 1.29 is 4.79 Å². The van der Waals surface area contributed by atoms with Crippen LogP contribution in [0.25, 0.3) is 20.8 Å². The van der Waals surface area contributed by atoms with Gasteiger partial charge in [-0.2, -0.15) is 0 Å². The fraction of sp³-hybridized carbons (Fsp3) is 0.176. The molecule has 0 saturated heterocycles. The number of aromatic nitrogens is 1. The van der Waals surface area contributed by atoms with Gasteiger partial charge in [0.25, 0.3) is 0 Å². The third-order valence-electron chi connectivity index (χ3n) is 3.55. The van der Waals surface area contributed by atoms with Crippen molar-refractivity contribution in [1.29, 1.82) is 0 Å². The van der Waals surface area contributed by atoms with E-state index in [-0.39, 0.29) is 5.91 Å². The molecule has 0 aliphatic heterocycles. The SMILES string of the molecule is C=CC(=O)Nc1sc(C)c(CC)c1-c1nc2ccc(Br)cc2s1. The Morgan fingerprint density at radius 1 is 1.43 bits per heavy atom. The van der Waals surface area contributed by atoms with Gasteiger partial charge in [0, 0.05) is 14.9 Å². The van der Waals surface area contributed by atoms with Gasteiger partial charge in [-0.25, -0.2) is 4.98 Å². The number of aryl methyl sites for hydroxylation is 1. The molecule has 0 radical (unpaired) electrons. The lowest BCUT2D eigenvalue weighted by Crippen LogP contribution is -2.06. The van der Waals surface area contributed by atoms with Gasteiger partial charge in [0.05, 0.1) is 10.2 Å². The predicted molar refractivity (Wildman–Crippen MR) is 104 cm³/mol. The Morgan fingerprint density at radius 2 is 2.22 bits per heavy atom. The van der Waals surface area contributed by atoms with Crippen LogP contribution in [0.4, 0.5) is 5.00 Å². The van der Waals surface area contributed by atoms with Gasteiger partial charge in [-0.1, -0.05) is 29.4 Å². The van der Waals surface area contributed by atoms with Crippen LogP contribution in [0, 0.1) is 6.92 Å². The molecule has 0 spiro atoms. The zero-order chi connectivity index (χ0) is 16.6. The summed E-state index contributed by atoms with van der Waals surface area (Å²) in [6.07, 6.45) is 2.20. The number of amides is 1. The number of hydrogen-bond donors (Lipinski definition) is 1. The monoisotopic (exact) mass is 406 g/mol. The van der Waals surface area contributed by atoms with E-state index < -0.39 is 0 Å². The highest BCUT2D eigenvalue weighted by Gasteiger charge is 2.20. The molecule has 0 aliphatic rings. The number of fused-ring (bicyclic) bond motifs is 1. The molecule has 0 unspecified atom stereocenters. The average molecular weight is 407 g/mol. The van der Waals surface area contributed by atoms with Gasteiger partial charge in [0.15, 0.2) is 0 Å². The topological polar surface area (TPSA) is 42.0 Å². The maximum absolute atomic E-state index is 11.7. The van der Waals surface area contributed by atoms with Gasteiger partial charge in [0.2, 0.25) is 5.91 Å². The highest BCUT2D eigenvalue weighted by Crippen LogP contribution is 2.43. The first-order chi connectivity index (χ1) is 11.0. The van der Waals surface area contributed by atoms with E-state index in [1.165, 1.54) is 16.5 Å². The largest absolute Gasteiger partial charge is 0.314 e. The van der Waals surface area contributed by atoms with Crippen molar-refractivity contribution in [2.75, 3.05) is 5.32 Å². The summed E-state index contributed by atoms with van der Waals surface area (Å²) in [4.78, 5) is 17.7. The average Bonchev–Trinajstić information content (AvgIpc) is 3.06. The fourth-order valence-electron chi connectivity index (χ4n) is 2.49. The van der Waals surface area contributed by atoms with Gasteiger partial charge in [-0.15, -0.1) is 22.7 Å². The van der Waals surface area contributed by atoms with Crippen molar-refractivity contribution in [3.63, 3.8) is 0 Å². The molecule has 6 heteroatoms. The van der Waals surface area contributed by atoms with Gasteiger partial charge < -0.3 is 5.32 Å². The van der Waals surface area contributed by atoms with E-state index in [4.69, 9.17) is 4.98 Å². The van der Waals surface area contributed by atoms with E-state index in [2.05, 4.69) is 47.7 Å². The number of hydrogen-bond acceptors (Lipinski definition) is 4. The Hall–Kier alpha value is -1.50. The van der Waals surface area contributed by atoms with Crippen molar-refractivity contribution in [3.05, 3.63) is 45.8 Å². The molecule has 23 heavy (non-hydrogen) atoms. The van der Waals surface area contributed by atoms with Crippen LogP contribution in [0.2, 0.25) is 0 Å². The van der Waals surface area contributed by atoms with Crippen molar-refractivity contribution in [2.45, 2.75) is 20.3 Å². The number of nitrogens with zero attached hydrogens (tertiary/aromatic N) is 1. The van der Waals surface area contributed by atoms with Gasteiger partial charge in [0.1, 0.15) is 10.0 Å². The number of nitrogens with one attached hydrogen (secondary N) is 1. The Kier molecular flexibility index (Phi) is 4.66. The molecule has 0 aliphatic carbocycles. The number of rotatable bonds is 4. The predicted octanol–water partition coefficient (Wildman–Crippen LogP) is 5.78. The summed E-state index contributed by atoms with van der Waals surface area (Å²) < 4.78 is 2.17. The Morgan fingerprint density at radius 3 is 2.91 bits per heavy atom. The van der Waals surface area contributed by atoms with E-state index in [9.17, 15) is 4.79 Å². The molecule has 3 aromatic rings. The highest BCUT2D eigenvalue weighted by molar-refractivity contribution is 9.10. The minimum absolute atomic E-state index is 0.195. The Balaban J connectivity index is 2.18. The molecule has 1 aromatic carbocycles. The van der Waals surface area contributed by atoms with Gasteiger partial charge in [-0.05, 0) is 43.2 Å². The highest BCUT2D eigenvalue weighted by atomic mass is 79.9. The second kappa shape index (κ2) is 6.55. The summed E-state index contributed by atoms with van der Waals surface area (Å²) in [5.74, 6) is -0.195. The summed E-state index contributed by atoms with van der Waals surface area (Å²) in [6.45, 7) is 7.74. The first kappa shape index (κ1) is 16.4. The van der Waals surface area contributed by atoms with Crippen LogP contribution in [0.1, 0.15) is 17.4 Å². The van der Waals surface area contributed by atoms with E-state index in [0.29, 0.717) is 0 Å². The number of carbonyl (C=O) groups excluding carboxylic acids is 1. The van der Waals surface area contributed by atoms with Crippen molar-refractivity contribution in [3.8, 4) is 10.6 Å². The maximum atomic E-state index is 11.7. The van der Waals surface area contributed by atoms with E-state index >= 15 is 0 Å². The van der Waals surface area contributed by atoms with Crippen molar-refractivity contribution in [2.24, 2.45) is 0 Å². The standard InChI is InChI=1S/C17H15BrN2OS2/c1-4-11-9(3)22-17(20-14(21)5-2)15(11)16-19-12-7-6-10(18)8-13(12)23-16/h5-8H,2,4H2,1,3H3,(H,20,21). The van der Waals surface area contributed by atoms with E-state index in [1.807, 2.05) is 12.1 Å². The van der Waals surface area contributed by atoms with Crippen LogP contribution < -0.4 is 5.32 Å². The molecule has 3 rings (SSSR count). The summed E-state index contributed by atoms with van der Waals surface area (Å²) in [5.41, 5.74) is 3.26. The molecular weight excluding hydrogens is 392 g/mol. The van der Waals surface area contributed by atoms with Crippen molar-refractivity contribution >= 4 is 59.7 Å². The van der Waals surface area contributed by atoms with Crippen molar-refractivity contribution in [1.82, 2.24) is 4.98 Å². The lowest BCUT2D eigenvalue weighted by Gasteiger charge is -2.04. The molecule has 1 amide bonds. The molecule has 118 valence electrons. The molecule has 0 atom stereocenters. The quantitative estimate of drug-likeness (QED) is 0.557. The summed E-state index contributed by atoms with van der Waals surface area (Å²) in [6, 6.07) is 6.07. The molecule has 0 saturated carbocycles. The van der Waals surface area contributed by atoms with E-state index in [0.717, 1.165) is 36.7 Å². The van der Waals surface area contributed by atoms with Crippen LogP contribution in [-0.2, 0) is 11.2 Å². The molecule has 2 aromatic heterocycles. The molecular formula is C17H15BrN2OS2. The second-order valence-corrected chi connectivity index (χ2v) is 8.19. The lowest BCUT2D eigenvalue weighted by atomic mass is 10.1. The molecule has 1 N–H and O–H groups in total. The van der Waals surface area contributed by atoms with Crippen LogP contribution in [-0.4, -0.2) is 10.9 Å². The first-order valence-electron chi connectivity index (χ1n) is 7.15.